The minimum Gasteiger partial charge on any atom is -0.244 e. The summed E-state index contributed by atoms with van der Waals surface area (Å²) >= 11 is 5.36. The van der Waals surface area contributed by atoms with Gasteiger partial charge in [0.25, 0.3) is 6.43 Å². The Morgan fingerprint density at radius 2 is 2.25 bits per heavy atom. The molecule has 0 atom stereocenters. The molecule has 0 radical (unpaired) electrons. The molecule has 1 aromatic heterocycles. The van der Waals surface area contributed by atoms with Crippen LogP contribution in [-0.2, 0) is 0 Å². The van der Waals surface area contributed by atoms with Crippen LogP contribution in [0.15, 0.2) is 12.3 Å². The lowest BCUT2D eigenvalue weighted by atomic mass is 10.2. The topological polar surface area (TPSA) is 36.7 Å². The van der Waals surface area contributed by atoms with Crippen molar-refractivity contribution in [3.63, 3.8) is 0 Å². The molecule has 0 saturated carbocycles. The van der Waals surface area contributed by atoms with Gasteiger partial charge in [0.05, 0.1) is 17.2 Å². The Morgan fingerprint density at radius 1 is 1.58 bits per heavy atom. The van der Waals surface area contributed by atoms with Gasteiger partial charge in [-0.15, -0.1) is 0 Å². The Morgan fingerprint density at radius 3 is 2.67 bits per heavy atom. The van der Waals surface area contributed by atoms with Crippen LogP contribution in [0.1, 0.15) is 17.6 Å². The van der Waals surface area contributed by atoms with E-state index in [-0.39, 0.29) is 10.7 Å². The van der Waals surface area contributed by atoms with Crippen LogP contribution in [0.4, 0.5) is 8.78 Å². The third kappa shape index (κ3) is 1.51. The van der Waals surface area contributed by atoms with Crippen LogP contribution < -0.4 is 0 Å². The maximum Gasteiger partial charge on any atom is 0.268 e. The van der Waals surface area contributed by atoms with Crippen molar-refractivity contribution in [1.82, 2.24) is 4.98 Å². The fourth-order valence-electron chi connectivity index (χ4n) is 0.753. The number of nitrogens with zero attached hydrogens (tertiary/aromatic N) is 2. The van der Waals surface area contributed by atoms with Crippen LogP contribution in [0.3, 0.4) is 0 Å². The standard InChI is InChI=1S/C7H3ClF2N2/c8-6-5(7(9)10)4(3-11)1-2-12-6/h1-2,7H. The molecule has 12 heavy (non-hydrogen) atoms. The second-order valence-electron chi connectivity index (χ2n) is 1.98. The third-order valence-electron chi connectivity index (χ3n) is 1.28. The summed E-state index contributed by atoms with van der Waals surface area (Å²) in [6.45, 7) is 0. The van der Waals surface area contributed by atoms with Gasteiger partial charge in [-0.2, -0.15) is 5.26 Å². The highest BCUT2D eigenvalue weighted by molar-refractivity contribution is 6.30. The SMILES string of the molecule is N#Cc1ccnc(Cl)c1C(F)F. The molecule has 0 amide bonds. The van der Waals surface area contributed by atoms with E-state index in [2.05, 4.69) is 4.98 Å². The number of hydrogen-bond donors (Lipinski definition) is 0. The summed E-state index contributed by atoms with van der Waals surface area (Å²) in [5, 5.41) is 8.11. The van der Waals surface area contributed by atoms with Crippen molar-refractivity contribution in [3.8, 4) is 6.07 Å². The zero-order valence-electron chi connectivity index (χ0n) is 5.76. The predicted octanol–water partition coefficient (Wildman–Crippen LogP) is 2.54. The summed E-state index contributed by atoms with van der Waals surface area (Å²) in [5.41, 5.74) is -0.633. The molecular formula is C7H3ClF2N2. The van der Waals surface area contributed by atoms with Crippen molar-refractivity contribution < 1.29 is 8.78 Å². The van der Waals surface area contributed by atoms with Gasteiger partial charge >= 0.3 is 0 Å². The second-order valence-corrected chi connectivity index (χ2v) is 2.33. The van der Waals surface area contributed by atoms with Gasteiger partial charge in [-0.25, -0.2) is 13.8 Å². The molecule has 0 N–H and O–H groups in total. The molecular weight excluding hydrogens is 186 g/mol. The smallest absolute Gasteiger partial charge is 0.244 e. The van der Waals surface area contributed by atoms with E-state index in [0.717, 1.165) is 0 Å². The monoisotopic (exact) mass is 188 g/mol. The first kappa shape index (κ1) is 8.88. The summed E-state index contributed by atoms with van der Waals surface area (Å²) in [4.78, 5) is 3.44. The number of alkyl halides is 2. The van der Waals surface area contributed by atoms with Crippen LogP contribution >= 0.6 is 11.6 Å². The summed E-state index contributed by atoms with van der Waals surface area (Å²) in [7, 11) is 0. The Hall–Kier alpha value is -1.21. The molecule has 1 aromatic rings. The minimum atomic E-state index is -2.76. The van der Waals surface area contributed by atoms with E-state index in [0.29, 0.717) is 0 Å². The Bertz CT molecular complexity index is 333. The highest BCUT2D eigenvalue weighted by Gasteiger charge is 2.17. The predicted molar refractivity (Wildman–Crippen MR) is 38.9 cm³/mol. The Balaban J connectivity index is 3.32. The minimum absolute atomic E-state index is 0.134. The number of aromatic nitrogens is 1. The van der Waals surface area contributed by atoms with Crippen LogP contribution in [0.2, 0.25) is 5.15 Å². The van der Waals surface area contributed by atoms with Gasteiger partial charge in [0.15, 0.2) is 0 Å². The van der Waals surface area contributed by atoms with Crippen LogP contribution in [0.25, 0.3) is 0 Å². The molecule has 0 unspecified atom stereocenters. The van der Waals surface area contributed by atoms with Gasteiger partial charge in [0, 0.05) is 6.20 Å². The van der Waals surface area contributed by atoms with E-state index in [1.807, 2.05) is 0 Å². The molecule has 1 rings (SSSR count). The van der Waals surface area contributed by atoms with Crippen LogP contribution in [0, 0.1) is 11.3 Å². The molecule has 0 aliphatic rings. The lowest BCUT2D eigenvalue weighted by Crippen LogP contribution is -1.93. The van der Waals surface area contributed by atoms with Gasteiger partial charge in [-0.05, 0) is 6.07 Å². The number of halogens is 3. The fourth-order valence-corrected chi connectivity index (χ4v) is 0.993. The summed E-state index contributed by atoms with van der Waals surface area (Å²) < 4.78 is 24.4. The highest BCUT2D eigenvalue weighted by Crippen LogP contribution is 2.27. The first-order chi connectivity index (χ1) is 5.66. The molecule has 5 heteroatoms. The van der Waals surface area contributed by atoms with Crippen molar-refractivity contribution in [2.45, 2.75) is 6.43 Å². The first-order valence-corrected chi connectivity index (χ1v) is 3.37. The maximum atomic E-state index is 12.2. The van der Waals surface area contributed by atoms with Gasteiger partial charge in [-0.3, -0.25) is 0 Å². The number of rotatable bonds is 1. The Kier molecular flexibility index (Phi) is 2.56. The largest absolute Gasteiger partial charge is 0.268 e. The Labute approximate surface area is 72.4 Å². The third-order valence-corrected chi connectivity index (χ3v) is 1.58. The molecule has 2 nitrogen and oxygen atoms in total. The van der Waals surface area contributed by atoms with Crippen LogP contribution in [0.5, 0.6) is 0 Å². The van der Waals surface area contributed by atoms with Crippen molar-refractivity contribution in [1.29, 1.82) is 5.26 Å². The lowest BCUT2D eigenvalue weighted by Gasteiger charge is -2.02. The van der Waals surface area contributed by atoms with Crippen molar-refractivity contribution in [2.24, 2.45) is 0 Å². The molecule has 0 aliphatic heterocycles. The van der Waals surface area contributed by atoms with E-state index in [4.69, 9.17) is 16.9 Å². The molecule has 0 spiro atoms. The molecule has 1 heterocycles. The molecule has 0 bridgehead atoms. The number of pyridine rings is 1. The molecule has 0 saturated heterocycles. The van der Waals surface area contributed by atoms with E-state index in [9.17, 15) is 8.78 Å². The van der Waals surface area contributed by atoms with Gasteiger partial charge in [0.1, 0.15) is 5.15 Å². The van der Waals surface area contributed by atoms with Crippen molar-refractivity contribution in [3.05, 3.63) is 28.5 Å². The number of hydrogen-bond acceptors (Lipinski definition) is 2. The molecule has 0 aliphatic carbocycles. The number of nitriles is 1. The zero-order chi connectivity index (χ0) is 9.14. The van der Waals surface area contributed by atoms with Crippen molar-refractivity contribution in [2.75, 3.05) is 0 Å². The lowest BCUT2D eigenvalue weighted by molar-refractivity contribution is 0.150. The van der Waals surface area contributed by atoms with Gasteiger partial charge in [0.2, 0.25) is 0 Å². The molecule has 0 fully saturated rings. The highest BCUT2D eigenvalue weighted by atomic mass is 35.5. The maximum absolute atomic E-state index is 12.2. The second kappa shape index (κ2) is 3.46. The first-order valence-electron chi connectivity index (χ1n) is 2.99. The van der Waals surface area contributed by atoms with Crippen LogP contribution in [-0.4, -0.2) is 4.98 Å². The molecule has 62 valence electrons. The van der Waals surface area contributed by atoms with E-state index >= 15 is 0 Å². The summed E-state index contributed by atoms with van der Waals surface area (Å²) in [5.74, 6) is 0. The van der Waals surface area contributed by atoms with Gasteiger partial charge in [-0.1, -0.05) is 11.6 Å². The quantitative estimate of drug-likeness (QED) is 0.635. The van der Waals surface area contributed by atoms with E-state index < -0.39 is 12.0 Å². The normalized spacial score (nSPS) is 9.92. The van der Waals surface area contributed by atoms with Gasteiger partial charge < -0.3 is 0 Å². The summed E-state index contributed by atoms with van der Waals surface area (Å²) in [6.07, 6.45) is -1.55. The van der Waals surface area contributed by atoms with E-state index in [1.54, 1.807) is 6.07 Å². The fraction of sp³-hybridized carbons (Fsp3) is 0.143. The van der Waals surface area contributed by atoms with Crippen molar-refractivity contribution >= 4 is 11.6 Å². The molecule has 0 aromatic carbocycles. The summed E-state index contributed by atoms with van der Waals surface area (Å²) in [6, 6.07) is 2.82. The van der Waals surface area contributed by atoms with E-state index in [1.165, 1.54) is 12.3 Å². The zero-order valence-corrected chi connectivity index (χ0v) is 6.52. The average molecular weight is 189 g/mol. The average Bonchev–Trinajstić information content (AvgIpc) is 2.03.